The number of aromatic carboxylic acids is 1. The Morgan fingerprint density at radius 1 is 1.45 bits per heavy atom. The van der Waals surface area contributed by atoms with Gasteiger partial charge in [0, 0.05) is 6.04 Å². The molecule has 2 N–H and O–H groups in total. The van der Waals surface area contributed by atoms with Gasteiger partial charge >= 0.3 is 12.1 Å². The smallest absolute Gasteiger partial charge is 0.410 e. The quantitative estimate of drug-likeness (QED) is 0.881. The Kier molecular flexibility index (Phi) is 2.89. The summed E-state index contributed by atoms with van der Waals surface area (Å²) < 4.78 is 40.1. The van der Waals surface area contributed by atoms with Crippen molar-refractivity contribution in [2.75, 3.05) is 5.32 Å². The van der Waals surface area contributed by atoms with E-state index in [1.807, 2.05) is 0 Å². The molecule has 1 aromatic heterocycles. The fourth-order valence-corrected chi connectivity index (χ4v) is 2.82. The molecule has 1 aliphatic carbocycles. The van der Waals surface area contributed by atoms with Gasteiger partial charge in [0.15, 0.2) is 11.7 Å². The number of hydrogen-bond acceptors (Lipinski definition) is 3. The van der Waals surface area contributed by atoms with Crippen molar-refractivity contribution in [3.63, 3.8) is 0 Å². The van der Waals surface area contributed by atoms with E-state index in [1.165, 1.54) is 0 Å². The first kappa shape index (κ1) is 13.5. The van der Waals surface area contributed by atoms with Crippen molar-refractivity contribution in [2.45, 2.75) is 37.5 Å². The van der Waals surface area contributed by atoms with Crippen molar-refractivity contribution in [1.82, 2.24) is 9.78 Å². The topological polar surface area (TPSA) is 67.1 Å². The molecule has 1 saturated carbocycles. The van der Waals surface area contributed by atoms with E-state index in [4.69, 9.17) is 16.7 Å². The Balaban J connectivity index is 2.06. The standard InChI is InChI=1S/C11H11ClF3N3O2/c12-7-8(10(19)20)17-18-6(11(13,14)15)3-5(4-1-2-4)16-9(7)18/h4-6,16H,1-3H2,(H,19,20). The van der Waals surface area contributed by atoms with Gasteiger partial charge < -0.3 is 10.4 Å². The second kappa shape index (κ2) is 4.28. The number of anilines is 1. The molecule has 2 aliphatic rings. The molecule has 5 nitrogen and oxygen atoms in total. The van der Waals surface area contributed by atoms with Gasteiger partial charge in [-0.25, -0.2) is 9.48 Å². The van der Waals surface area contributed by atoms with E-state index in [1.54, 1.807) is 0 Å². The Bertz CT molecular complexity index is 568. The van der Waals surface area contributed by atoms with Crippen molar-refractivity contribution in [3.8, 4) is 0 Å². The van der Waals surface area contributed by atoms with E-state index >= 15 is 0 Å². The maximum Gasteiger partial charge on any atom is 0.410 e. The molecule has 0 amide bonds. The van der Waals surface area contributed by atoms with Crippen LogP contribution in [0, 0.1) is 5.92 Å². The van der Waals surface area contributed by atoms with E-state index < -0.39 is 23.9 Å². The molecular formula is C11H11ClF3N3O2. The molecule has 3 rings (SSSR count). The minimum atomic E-state index is -4.49. The van der Waals surface area contributed by atoms with E-state index in [0.717, 1.165) is 12.8 Å². The molecule has 0 radical (unpaired) electrons. The van der Waals surface area contributed by atoms with Gasteiger partial charge in [0.2, 0.25) is 0 Å². The fraction of sp³-hybridized carbons (Fsp3) is 0.636. The van der Waals surface area contributed by atoms with Crippen LogP contribution in [-0.4, -0.2) is 33.1 Å². The Morgan fingerprint density at radius 3 is 2.60 bits per heavy atom. The van der Waals surface area contributed by atoms with Crippen molar-refractivity contribution in [2.24, 2.45) is 5.92 Å². The highest BCUT2D eigenvalue weighted by molar-refractivity contribution is 6.35. The zero-order valence-corrected chi connectivity index (χ0v) is 10.9. The fourth-order valence-electron chi connectivity index (χ4n) is 2.56. The molecule has 2 atom stereocenters. The van der Waals surface area contributed by atoms with Gasteiger partial charge in [0.1, 0.15) is 10.8 Å². The van der Waals surface area contributed by atoms with Crippen LogP contribution in [0.15, 0.2) is 0 Å². The van der Waals surface area contributed by atoms with E-state index in [-0.39, 0.29) is 29.2 Å². The summed E-state index contributed by atoms with van der Waals surface area (Å²) in [6.45, 7) is 0. The van der Waals surface area contributed by atoms with Crippen LogP contribution in [0.25, 0.3) is 0 Å². The number of fused-ring (bicyclic) bond motifs is 1. The molecule has 2 unspecified atom stereocenters. The summed E-state index contributed by atoms with van der Waals surface area (Å²) >= 11 is 5.85. The van der Waals surface area contributed by atoms with Crippen LogP contribution < -0.4 is 5.32 Å². The Hall–Kier alpha value is -1.44. The Morgan fingerprint density at radius 2 is 2.10 bits per heavy atom. The molecule has 1 fully saturated rings. The summed E-state index contributed by atoms with van der Waals surface area (Å²) in [6.07, 6.45) is -2.90. The lowest BCUT2D eigenvalue weighted by Gasteiger charge is -2.33. The van der Waals surface area contributed by atoms with Crippen LogP contribution >= 0.6 is 11.6 Å². The highest BCUT2D eigenvalue weighted by Gasteiger charge is 2.50. The van der Waals surface area contributed by atoms with Gasteiger partial charge in [0.25, 0.3) is 0 Å². The number of nitrogens with one attached hydrogen (secondary N) is 1. The average molecular weight is 310 g/mol. The number of alkyl halides is 3. The molecule has 0 saturated heterocycles. The summed E-state index contributed by atoms with van der Waals surface area (Å²) in [5.74, 6) is -1.30. The van der Waals surface area contributed by atoms with Gasteiger partial charge in [0.05, 0.1) is 0 Å². The molecule has 1 aromatic rings. The first-order valence-electron chi connectivity index (χ1n) is 6.13. The SMILES string of the molecule is O=C(O)c1nn2c(c1Cl)NC(C1CC1)CC2C(F)(F)F. The number of hydrogen-bond donors (Lipinski definition) is 2. The van der Waals surface area contributed by atoms with Gasteiger partial charge in [-0.3, -0.25) is 0 Å². The number of carbonyl (C=O) groups is 1. The number of halogens is 4. The normalized spacial score (nSPS) is 26.0. The first-order chi connectivity index (χ1) is 9.29. The maximum atomic E-state index is 13.1. The monoisotopic (exact) mass is 309 g/mol. The molecule has 0 bridgehead atoms. The van der Waals surface area contributed by atoms with Crippen LogP contribution in [0.3, 0.4) is 0 Å². The van der Waals surface area contributed by atoms with Gasteiger partial charge in [-0.1, -0.05) is 11.6 Å². The van der Waals surface area contributed by atoms with E-state index in [2.05, 4.69) is 10.4 Å². The van der Waals surface area contributed by atoms with Gasteiger partial charge in [-0.15, -0.1) is 0 Å². The second-order valence-electron chi connectivity index (χ2n) is 5.14. The molecule has 2 heterocycles. The minimum Gasteiger partial charge on any atom is -0.476 e. The highest BCUT2D eigenvalue weighted by atomic mass is 35.5. The molecule has 0 aromatic carbocycles. The highest BCUT2D eigenvalue weighted by Crippen LogP contribution is 2.47. The summed E-state index contributed by atoms with van der Waals surface area (Å²) in [5.41, 5.74) is -0.556. The van der Waals surface area contributed by atoms with Crippen LogP contribution in [0.2, 0.25) is 5.02 Å². The molecule has 0 spiro atoms. The number of carboxylic acids is 1. The molecule has 9 heteroatoms. The van der Waals surface area contributed by atoms with Crippen LogP contribution in [0.5, 0.6) is 0 Å². The van der Waals surface area contributed by atoms with E-state index in [0.29, 0.717) is 4.68 Å². The van der Waals surface area contributed by atoms with Gasteiger partial charge in [-0.2, -0.15) is 18.3 Å². The Labute approximate surface area is 116 Å². The minimum absolute atomic E-state index is 0.0467. The number of carboxylic acid groups (broad SMARTS) is 1. The zero-order chi connectivity index (χ0) is 14.7. The number of rotatable bonds is 2. The van der Waals surface area contributed by atoms with Crippen molar-refractivity contribution in [1.29, 1.82) is 0 Å². The summed E-state index contributed by atoms with van der Waals surface area (Å²) in [6, 6.07) is -2.18. The van der Waals surface area contributed by atoms with Crippen LogP contribution in [-0.2, 0) is 0 Å². The maximum absolute atomic E-state index is 13.1. The second-order valence-corrected chi connectivity index (χ2v) is 5.52. The molecule has 20 heavy (non-hydrogen) atoms. The molecule has 1 aliphatic heterocycles. The average Bonchev–Trinajstić information content (AvgIpc) is 3.12. The summed E-state index contributed by atoms with van der Waals surface area (Å²) in [4.78, 5) is 11.0. The van der Waals surface area contributed by atoms with Crippen molar-refractivity contribution >= 4 is 23.4 Å². The van der Waals surface area contributed by atoms with Crippen LogP contribution in [0.1, 0.15) is 35.8 Å². The predicted octanol–water partition coefficient (Wildman–Crippen LogP) is 2.93. The molecule has 110 valence electrons. The van der Waals surface area contributed by atoms with Gasteiger partial charge in [-0.05, 0) is 25.2 Å². The lowest BCUT2D eigenvalue weighted by molar-refractivity contribution is -0.174. The number of aromatic nitrogens is 2. The van der Waals surface area contributed by atoms with Crippen LogP contribution in [0.4, 0.5) is 19.0 Å². The third-order valence-corrected chi connectivity index (χ3v) is 4.08. The van der Waals surface area contributed by atoms with Crippen molar-refractivity contribution in [3.05, 3.63) is 10.7 Å². The zero-order valence-electron chi connectivity index (χ0n) is 10.1. The lowest BCUT2D eigenvalue weighted by atomic mass is 10.0. The van der Waals surface area contributed by atoms with E-state index in [9.17, 15) is 18.0 Å². The molecular weight excluding hydrogens is 299 g/mol. The summed E-state index contributed by atoms with van der Waals surface area (Å²) in [5, 5.41) is 15.1. The third-order valence-electron chi connectivity index (χ3n) is 3.72. The predicted molar refractivity (Wildman–Crippen MR) is 64.0 cm³/mol. The largest absolute Gasteiger partial charge is 0.476 e. The summed E-state index contributed by atoms with van der Waals surface area (Å²) in [7, 11) is 0. The number of nitrogens with zero attached hydrogens (tertiary/aromatic N) is 2. The lowest BCUT2D eigenvalue weighted by Crippen LogP contribution is -2.40. The first-order valence-corrected chi connectivity index (χ1v) is 6.51. The van der Waals surface area contributed by atoms with Crippen molar-refractivity contribution < 1.29 is 23.1 Å². The third kappa shape index (κ3) is 2.11.